The maximum absolute atomic E-state index is 12.6. The van der Waals surface area contributed by atoms with E-state index in [0.29, 0.717) is 25.4 Å². The van der Waals surface area contributed by atoms with E-state index in [9.17, 15) is 4.79 Å². The van der Waals surface area contributed by atoms with Crippen molar-refractivity contribution in [3.63, 3.8) is 0 Å². The Morgan fingerprint density at radius 1 is 1.24 bits per heavy atom. The van der Waals surface area contributed by atoms with Gasteiger partial charge in [-0.1, -0.05) is 29.8 Å². The van der Waals surface area contributed by atoms with Gasteiger partial charge in [-0.3, -0.25) is 4.79 Å². The highest BCUT2D eigenvalue weighted by atomic mass is 16.5. The van der Waals surface area contributed by atoms with E-state index in [2.05, 4.69) is 30.4 Å². The van der Waals surface area contributed by atoms with Crippen molar-refractivity contribution in [1.82, 2.24) is 9.88 Å². The monoisotopic (exact) mass is 340 g/mol. The lowest BCUT2D eigenvalue weighted by Crippen LogP contribution is -2.27. The zero-order chi connectivity index (χ0) is 17.8. The van der Waals surface area contributed by atoms with E-state index in [4.69, 9.17) is 9.15 Å². The highest BCUT2D eigenvalue weighted by Gasteiger charge is 2.18. The summed E-state index contributed by atoms with van der Waals surface area (Å²) >= 11 is 0. The van der Waals surface area contributed by atoms with Crippen molar-refractivity contribution in [2.24, 2.45) is 0 Å². The summed E-state index contributed by atoms with van der Waals surface area (Å²) in [6, 6.07) is 12.1. The Labute approximate surface area is 147 Å². The molecule has 3 rings (SSSR count). The zero-order valence-corrected chi connectivity index (χ0v) is 15.0. The normalized spacial score (nSPS) is 11.2. The fraction of sp³-hybridized carbons (Fsp3) is 0.350. The second-order valence-electron chi connectivity index (χ2n) is 6.31. The molecule has 0 aliphatic heterocycles. The van der Waals surface area contributed by atoms with Gasteiger partial charge >= 0.3 is 0 Å². The molecule has 1 N–H and O–H groups in total. The van der Waals surface area contributed by atoms with Crippen LogP contribution in [-0.2, 0) is 11.3 Å². The van der Waals surface area contributed by atoms with Crippen LogP contribution in [0.2, 0.25) is 0 Å². The third-order valence-corrected chi connectivity index (χ3v) is 4.18. The summed E-state index contributed by atoms with van der Waals surface area (Å²) in [7, 11) is 1.66. The fourth-order valence-electron chi connectivity index (χ4n) is 3.03. The first-order chi connectivity index (χ1) is 12.1. The van der Waals surface area contributed by atoms with Gasteiger partial charge in [0.1, 0.15) is 11.5 Å². The molecular formula is C20H24N2O3. The smallest absolute Gasteiger partial charge is 0.268 e. The third kappa shape index (κ3) is 3.94. The van der Waals surface area contributed by atoms with Gasteiger partial charge in [-0.05, 0) is 25.8 Å². The van der Waals surface area contributed by atoms with Gasteiger partial charge in [-0.2, -0.15) is 0 Å². The number of nitrogens with one attached hydrogen (secondary N) is 1. The summed E-state index contributed by atoms with van der Waals surface area (Å²) in [6.07, 6.45) is 0.788. The van der Waals surface area contributed by atoms with E-state index < -0.39 is 0 Å². The Morgan fingerprint density at radius 3 is 2.84 bits per heavy atom. The fourth-order valence-corrected chi connectivity index (χ4v) is 3.03. The quantitative estimate of drug-likeness (QED) is 0.668. The summed E-state index contributed by atoms with van der Waals surface area (Å²) in [5, 5.41) is 2.96. The second kappa shape index (κ2) is 7.57. The van der Waals surface area contributed by atoms with Crippen LogP contribution in [0.15, 0.2) is 40.8 Å². The van der Waals surface area contributed by atoms with Crippen LogP contribution in [0.3, 0.4) is 0 Å². The number of aromatic nitrogens is 1. The van der Waals surface area contributed by atoms with E-state index in [1.807, 2.05) is 29.7 Å². The number of methoxy groups -OCH3 is 1. The van der Waals surface area contributed by atoms with E-state index in [-0.39, 0.29) is 5.91 Å². The van der Waals surface area contributed by atoms with Gasteiger partial charge in [0.25, 0.3) is 5.91 Å². The predicted molar refractivity (Wildman–Crippen MR) is 98.0 cm³/mol. The Kier molecular flexibility index (Phi) is 5.24. The first-order valence-electron chi connectivity index (χ1n) is 8.51. The summed E-state index contributed by atoms with van der Waals surface area (Å²) in [4.78, 5) is 12.6. The van der Waals surface area contributed by atoms with Crippen LogP contribution in [0.25, 0.3) is 11.1 Å². The number of aryl methyl sites for hydroxylation is 2. The molecular weight excluding hydrogens is 316 g/mol. The second-order valence-corrected chi connectivity index (χ2v) is 6.31. The molecule has 2 heterocycles. The van der Waals surface area contributed by atoms with Crippen LogP contribution in [0, 0.1) is 13.8 Å². The number of furan rings is 1. The molecule has 1 aromatic carbocycles. The first-order valence-corrected chi connectivity index (χ1v) is 8.51. The van der Waals surface area contributed by atoms with Crippen molar-refractivity contribution in [2.75, 3.05) is 20.3 Å². The summed E-state index contributed by atoms with van der Waals surface area (Å²) in [5.74, 6) is 0.753. The first kappa shape index (κ1) is 17.3. The molecule has 0 radical (unpaired) electrons. The summed E-state index contributed by atoms with van der Waals surface area (Å²) in [5.41, 5.74) is 4.67. The minimum absolute atomic E-state index is 0.0900. The highest BCUT2D eigenvalue weighted by Crippen LogP contribution is 2.25. The van der Waals surface area contributed by atoms with Gasteiger partial charge in [0.2, 0.25) is 0 Å². The van der Waals surface area contributed by atoms with Gasteiger partial charge in [-0.25, -0.2) is 0 Å². The van der Waals surface area contributed by atoms with E-state index in [0.717, 1.165) is 28.8 Å². The molecule has 0 saturated carbocycles. The number of fused-ring (bicyclic) bond motifs is 1. The zero-order valence-electron chi connectivity index (χ0n) is 15.0. The summed E-state index contributed by atoms with van der Waals surface area (Å²) in [6.45, 7) is 5.83. The Balaban J connectivity index is 1.89. The largest absolute Gasteiger partial charge is 0.460 e. The van der Waals surface area contributed by atoms with Gasteiger partial charge in [-0.15, -0.1) is 0 Å². The number of benzene rings is 1. The van der Waals surface area contributed by atoms with Gasteiger partial charge in [0.15, 0.2) is 5.58 Å². The Hall–Kier alpha value is -2.53. The third-order valence-electron chi connectivity index (χ3n) is 4.18. The van der Waals surface area contributed by atoms with Gasteiger partial charge in [0.05, 0.1) is 5.52 Å². The van der Waals surface area contributed by atoms with Crippen molar-refractivity contribution in [2.45, 2.75) is 26.8 Å². The van der Waals surface area contributed by atoms with Crippen molar-refractivity contribution >= 4 is 17.0 Å². The van der Waals surface area contributed by atoms with Crippen molar-refractivity contribution in [3.8, 4) is 0 Å². The number of hydrogen-bond acceptors (Lipinski definition) is 3. The molecule has 2 aromatic heterocycles. The average molecular weight is 340 g/mol. The number of rotatable bonds is 7. The molecule has 0 spiro atoms. The number of amides is 1. The molecule has 25 heavy (non-hydrogen) atoms. The lowest BCUT2D eigenvalue weighted by molar-refractivity contribution is 0.0940. The van der Waals surface area contributed by atoms with Crippen molar-refractivity contribution in [1.29, 1.82) is 0 Å². The molecule has 0 unspecified atom stereocenters. The molecule has 132 valence electrons. The molecule has 5 heteroatoms. The summed E-state index contributed by atoms with van der Waals surface area (Å²) < 4.78 is 12.8. The molecule has 0 aliphatic rings. The molecule has 0 atom stereocenters. The van der Waals surface area contributed by atoms with E-state index >= 15 is 0 Å². The topological polar surface area (TPSA) is 56.4 Å². The number of ether oxygens (including phenoxy) is 1. The maximum Gasteiger partial charge on any atom is 0.268 e. The Morgan fingerprint density at radius 2 is 2.08 bits per heavy atom. The van der Waals surface area contributed by atoms with Gasteiger partial charge in [0, 0.05) is 38.9 Å². The van der Waals surface area contributed by atoms with Crippen LogP contribution in [-0.4, -0.2) is 30.7 Å². The molecule has 5 nitrogen and oxygen atoms in total. The number of carbonyl (C=O) groups excluding carboxylic acids is 1. The van der Waals surface area contributed by atoms with E-state index in [1.54, 1.807) is 7.11 Å². The number of carbonyl (C=O) groups is 1. The average Bonchev–Trinajstić information content (AvgIpc) is 3.09. The number of hydrogen-bond donors (Lipinski definition) is 1. The van der Waals surface area contributed by atoms with Crippen LogP contribution < -0.4 is 5.32 Å². The molecule has 1 amide bonds. The lowest BCUT2D eigenvalue weighted by Gasteiger charge is -2.11. The standard InChI is InChI=1S/C20H24N2O3/c1-14-6-4-7-16(10-14)13-22-17-11-15(2)25-19(17)12-18(22)20(23)21-8-5-9-24-3/h4,6-7,10-12H,5,8-9,13H2,1-3H3,(H,21,23). The predicted octanol–water partition coefficient (Wildman–Crippen LogP) is 3.67. The van der Waals surface area contributed by atoms with Crippen LogP contribution in [0.5, 0.6) is 0 Å². The SMILES string of the molecule is COCCCNC(=O)c1cc2oc(C)cc2n1Cc1cccc(C)c1. The molecule has 0 bridgehead atoms. The van der Waals surface area contributed by atoms with E-state index in [1.165, 1.54) is 5.56 Å². The van der Waals surface area contributed by atoms with Crippen LogP contribution in [0.1, 0.15) is 33.8 Å². The minimum Gasteiger partial charge on any atom is -0.460 e. The molecule has 3 aromatic rings. The van der Waals surface area contributed by atoms with Crippen LogP contribution >= 0.6 is 0 Å². The minimum atomic E-state index is -0.0900. The highest BCUT2D eigenvalue weighted by molar-refractivity contribution is 5.97. The molecule has 0 aliphatic carbocycles. The van der Waals surface area contributed by atoms with Crippen molar-refractivity contribution in [3.05, 3.63) is 59.0 Å². The number of nitrogens with zero attached hydrogens (tertiary/aromatic N) is 1. The van der Waals surface area contributed by atoms with Crippen LogP contribution in [0.4, 0.5) is 0 Å². The molecule has 0 fully saturated rings. The lowest BCUT2D eigenvalue weighted by atomic mass is 10.1. The maximum atomic E-state index is 12.6. The molecule has 0 saturated heterocycles. The van der Waals surface area contributed by atoms with Crippen molar-refractivity contribution < 1.29 is 13.9 Å². The van der Waals surface area contributed by atoms with Gasteiger partial charge < -0.3 is 19.0 Å². The Bertz CT molecular complexity index is 876.